The van der Waals surface area contributed by atoms with Gasteiger partial charge in [-0.2, -0.15) is 0 Å². The van der Waals surface area contributed by atoms with E-state index in [0.29, 0.717) is 12.2 Å². The molecule has 1 amide bonds. The van der Waals surface area contributed by atoms with E-state index in [1.807, 2.05) is 35.2 Å². The predicted molar refractivity (Wildman–Crippen MR) is 93.1 cm³/mol. The highest BCUT2D eigenvalue weighted by Crippen LogP contribution is 2.33. The number of carbonyl (C=O) groups excluding carboxylic acids is 1. The van der Waals surface area contributed by atoms with Gasteiger partial charge in [-0.15, -0.1) is 0 Å². The van der Waals surface area contributed by atoms with Crippen molar-refractivity contribution >= 4 is 16.9 Å². The van der Waals surface area contributed by atoms with Crippen LogP contribution in [0.1, 0.15) is 60.6 Å². The third-order valence-electron chi connectivity index (χ3n) is 4.64. The third-order valence-corrected chi connectivity index (χ3v) is 4.64. The number of para-hydroxylation sites is 2. The van der Waals surface area contributed by atoms with Crippen molar-refractivity contribution < 1.29 is 9.32 Å². The number of benzene rings is 1. The second kappa shape index (κ2) is 6.27. The van der Waals surface area contributed by atoms with Crippen LogP contribution in [0.2, 0.25) is 0 Å². The summed E-state index contributed by atoms with van der Waals surface area (Å²) < 4.78 is 5.41. The Morgan fingerprint density at radius 2 is 2.08 bits per heavy atom. The Hall–Kier alpha value is -2.76. The molecule has 0 N–H and O–H groups in total. The van der Waals surface area contributed by atoms with E-state index in [-0.39, 0.29) is 17.9 Å². The average Bonchev–Trinajstić information content (AvgIpc) is 3.29. The largest absolute Gasteiger partial charge is 0.361 e. The molecule has 0 radical (unpaired) electrons. The molecular weight excluding hydrogens is 316 g/mol. The molecule has 4 rings (SSSR count). The maximum absolute atomic E-state index is 13.0. The maximum atomic E-state index is 13.0. The molecule has 1 fully saturated rings. The van der Waals surface area contributed by atoms with Gasteiger partial charge in [0.1, 0.15) is 17.1 Å². The summed E-state index contributed by atoms with van der Waals surface area (Å²) in [6.07, 6.45) is 3.39. The third kappa shape index (κ3) is 2.88. The van der Waals surface area contributed by atoms with Gasteiger partial charge in [0.05, 0.1) is 23.3 Å². The molecule has 1 saturated heterocycles. The van der Waals surface area contributed by atoms with Gasteiger partial charge in [0.25, 0.3) is 5.91 Å². The van der Waals surface area contributed by atoms with Crippen molar-refractivity contribution in [3.8, 4) is 0 Å². The van der Waals surface area contributed by atoms with Gasteiger partial charge in [-0.3, -0.25) is 9.78 Å². The SMILES string of the molecule is CC(C)c1cc([C@@H]2CCCN2C(=O)c2cnc3ccccc3n2)no1. The molecule has 0 saturated carbocycles. The first-order valence-corrected chi connectivity index (χ1v) is 8.63. The molecule has 2 aromatic heterocycles. The van der Waals surface area contributed by atoms with Crippen LogP contribution in [0, 0.1) is 0 Å². The quantitative estimate of drug-likeness (QED) is 0.729. The van der Waals surface area contributed by atoms with E-state index in [1.165, 1.54) is 0 Å². The molecule has 3 aromatic rings. The molecule has 1 aliphatic rings. The molecule has 1 aliphatic heterocycles. The monoisotopic (exact) mass is 336 g/mol. The highest BCUT2D eigenvalue weighted by Gasteiger charge is 2.33. The van der Waals surface area contributed by atoms with Gasteiger partial charge in [0.2, 0.25) is 0 Å². The van der Waals surface area contributed by atoms with Crippen LogP contribution in [-0.2, 0) is 0 Å². The van der Waals surface area contributed by atoms with Crippen LogP contribution in [0.5, 0.6) is 0 Å². The fraction of sp³-hybridized carbons (Fsp3) is 0.368. The average molecular weight is 336 g/mol. The normalized spacial score (nSPS) is 17.6. The maximum Gasteiger partial charge on any atom is 0.274 e. The number of amides is 1. The summed E-state index contributed by atoms with van der Waals surface area (Å²) in [4.78, 5) is 23.7. The lowest BCUT2D eigenvalue weighted by atomic mass is 10.1. The summed E-state index contributed by atoms with van der Waals surface area (Å²) in [6, 6.07) is 9.47. The summed E-state index contributed by atoms with van der Waals surface area (Å²) in [5.74, 6) is 1.02. The summed E-state index contributed by atoms with van der Waals surface area (Å²) >= 11 is 0. The van der Waals surface area contributed by atoms with E-state index in [1.54, 1.807) is 6.20 Å². The highest BCUT2D eigenvalue weighted by molar-refractivity contribution is 5.94. The van der Waals surface area contributed by atoms with Crippen molar-refractivity contribution in [1.29, 1.82) is 0 Å². The number of hydrogen-bond donors (Lipinski definition) is 0. The molecule has 6 heteroatoms. The molecule has 0 aliphatic carbocycles. The number of aromatic nitrogens is 3. The first-order chi connectivity index (χ1) is 12.1. The van der Waals surface area contributed by atoms with Crippen LogP contribution in [-0.4, -0.2) is 32.5 Å². The molecule has 1 atom stereocenters. The van der Waals surface area contributed by atoms with Crippen LogP contribution in [0.25, 0.3) is 11.0 Å². The molecule has 0 spiro atoms. The zero-order valence-corrected chi connectivity index (χ0v) is 14.3. The molecule has 128 valence electrons. The van der Waals surface area contributed by atoms with E-state index in [4.69, 9.17) is 4.52 Å². The standard InChI is InChI=1S/C19H20N4O2/c1-12(2)18-10-15(22-25-18)17-8-5-9-23(17)19(24)16-11-20-13-6-3-4-7-14(13)21-16/h3-4,6-7,10-12,17H,5,8-9H2,1-2H3/t17-/m0/s1. The van der Waals surface area contributed by atoms with Gasteiger partial charge in [0.15, 0.2) is 0 Å². The van der Waals surface area contributed by atoms with E-state index >= 15 is 0 Å². The minimum atomic E-state index is -0.102. The van der Waals surface area contributed by atoms with E-state index in [2.05, 4.69) is 29.0 Å². The molecule has 1 aromatic carbocycles. The van der Waals surface area contributed by atoms with Gasteiger partial charge in [0, 0.05) is 18.5 Å². The Labute approximate surface area is 145 Å². The van der Waals surface area contributed by atoms with Crippen molar-refractivity contribution in [2.45, 2.75) is 38.6 Å². The lowest BCUT2D eigenvalue weighted by Crippen LogP contribution is -2.31. The first kappa shape index (κ1) is 15.7. The smallest absolute Gasteiger partial charge is 0.274 e. The number of nitrogens with zero attached hydrogens (tertiary/aromatic N) is 4. The number of hydrogen-bond acceptors (Lipinski definition) is 5. The van der Waals surface area contributed by atoms with Crippen molar-refractivity contribution in [2.24, 2.45) is 0 Å². The molecule has 3 heterocycles. The van der Waals surface area contributed by atoms with Crippen LogP contribution in [0.4, 0.5) is 0 Å². The second-order valence-corrected chi connectivity index (χ2v) is 6.71. The Morgan fingerprint density at radius 3 is 2.84 bits per heavy atom. The van der Waals surface area contributed by atoms with E-state index in [0.717, 1.165) is 35.3 Å². The molecular formula is C19H20N4O2. The van der Waals surface area contributed by atoms with Crippen LogP contribution in [0.15, 0.2) is 41.1 Å². The number of fused-ring (bicyclic) bond motifs is 1. The van der Waals surface area contributed by atoms with Crippen LogP contribution < -0.4 is 0 Å². The second-order valence-electron chi connectivity index (χ2n) is 6.71. The van der Waals surface area contributed by atoms with Crippen molar-refractivity contribution in [1.82, 2.24) is 20.0 Å². The van der Waals surface area contributed by atoms with Crippen LogP contribution in [0.3, 0.4) is 0 Å². The number of likely N-dealkylation sites (tertiary alicyclic amines) is 1. The molecule has 0 unspecified atom stereocenters. The number of carbonyl (C=O) groups is 1. The van der Waals surface area contributed by atoms with E-state index < -0.39 is 0 Å². The Morgan fingerprint density at radius 1 is 1.28 bits per heavy atom. The van der Waals surface area contributed by atoms with Crippen molar-refractivity contribution in [3.63, 3.8) is 0 Å². The van der Waals surface area contributed by atoms with Gasteiger partial charge < -0.3 is 9.42 Å². The summed E-state index contributed by atoms with van der Waals surface area (Å²) in [6.45, 7) is 4.82. The molecule has 6 nitrogen and oxygen atoms in total. The lowest BCUT2D eigenvalue weighted by molar-refractivity contribution is 0.0725. The van der Waals surface area contributed by atoms with Crippen molar-refractivity contribution in [3.05, 3.63) is 53.7 Å². The fourth-order valence-electron chi connectivity index (χ4n) is 3.26. The minimum absolute atomic E-state index is 0.0583. The minimum Gasteiger partial charge on any atom is -0.361 e. The summed E-state index contributed by atoms with van der Waals surface area (Å²) in [5, 5.41) is 4.19. The Kier molecular flexibility index (Phi) is 3.95. The molecule has 25 heavy (non-hydrogen) atoms. The zero-order chi connectivity index (χ0) is 17.4. The lowest BCUT2D eigenvalue weighted by Gasteiger charge is -2.22. The van der Waals surface area contributed by atoms with E-state index in [9.17, 15) is 4.79 Å². The summed E-state index contributed by atoms with van der Waals surface area (Å²) in [5.41, 5.74) is 2.71. The highest BCUT2D eigenvalue weighted by atomic mass is 16.5. The first-order valence-electron chi connectivity index (χ1n) is 8.63. The van der Waals surface area contributed by atoms with Gasteiger partial charge >= 0.3 is 0 Å². The number of rotatable bonds is 3. The fourth-order valence-corrected chi connectivity index (χ4v) is 3.26. The van der Waals surface area contributed by atoms with Crippen LogP contribution >= 0.6 is 0 Å². The summed E-state index contributed by atoms with van der Waals surface area (Å²) in [7, 11) is 0. The van der Waals surface area contributed by atoms with Gasteiger partial charge in [-0.25, -0.2) is 4.98 Å². The van der Waals surface area contributed by atoms with Crippen molar-refractivity contribution in [2.75, 3.05) is 6.54 Å². The van der Waals surface area contributed by atoms with Gasteiger partial charge in [-0.1, -0.05) is 31.1 Å². The predicted octanol–water partition coefficient (Wildman–Crippen LogP) is 3.72. The topological polar surface area (TPSA) is 72.1 Å². The van der Waals surface area contributed by atoms with Gasteiger partial charge in [-0.05, 0) is 25.0 Å². The zero-order valence-electron chi connectivity index (χ0n) is 14.3. The molecule has 0 bridgehead atoms. The Balaban J connectivity index is 1.63. The Bertz CT molecular complexity index is 918.